The second kappa shape index (κ2) is 8.93. The predicted octanol–water partition coefficient (Wildman–Crippen LogP) is 3.96. The van der Waals surface area contributed by atoms with Gasteiger partial charge in [-0.2, -0.15) is 26.3 Å². The molecule has 0 saturated carbocycles. The summed E-state index contributed by atoms with van der Waals surface area (Å²) in [7, 11) is 1.11. The van der Waals surface area contributed by atoms with E-state index < -0.39 is 42.3 Å². The molecule has 1 saturated heterocycles. The number of anilines is 1. The average Bonchev–Trinajstić information content (AvgIpc) is 3.34. The van der Waals surface area contributed by atoms with E-state index in [1.165, 1.54) is 5.38 Å². The number of alkyl halides is 6. The van der Waals surface area contributed by atoms with E-state index >= 15 is 0 Å². The monoisotopic (exact) mass is 491 g/mol. The van der Waals surface area contributed by atoms with Crippen LogP contribution in [0.25, 0.3) is 0 Å². The lowest BCUT2D eigenvalue weighted by Gasteiger charge is -2.29. The number of aromatic nitrogens is 1. The molecule has 0 N–H and O–H groups in total. The maximum absolute atomic E-state index is 13.4. The van der Waals surface area contributed by atoms with Gasteiger partial charge in [-0.25, -0.2) is 4.98 Å². The first-order valence-electron chi connectivity index (χ1n) is 9.21. The van der Waals surface area contributed by atoms with Crippen molar-refractivity contribution in [3.05, 3.63) is 39.8 Å². The van der Waals surface area contributed by atoms with E-state index in [1.54, 1.807) is 0 Å². The van der Waals surface area contributed by atoms with Crippen LogP contribution in [0.1, 0.15) is 27.5 Å². The van der Waals surface area contributed by atoms with Gasteiger partial charge in [0.05, 0.1) is 12.7 Å². The second-order valence-electron chi connectivity index (χ2n) is 6.95. The Labute approximate surface area is 187 Å². The molecule has 2 heterocycles. The number of nitrogens with zero attached hydrogens (tertiary/aromatic N) is 3. The molecule has 1 aromatic heterocycles. The van der Waals surface area contributed by atoms with Gasteiger partial charge in [-0.05, 0) is 24.5 Å². The fraction of sp³-hybridized carbons (Fsp3) is 0.350. The number of likely N-dealkylation sites (tertiary alicyclic amines) is 1. The molecule has 33 heavy (non-hydrogen) atoms. The Bertz CT molecular complexity index is 1110. The van der Waals surface area contributed by atoms with Crippen molar-refractivity contribution in [2.24, 2.45) is 0 Å². The van der Waals surface area contributed by atoms with Crippen LogP contribution in [0.4, 0.5) is 32.0 Å². The molecule has 2 aromatic rings. The summed E-state index contributed by atoms with van der Waals surface area (Å²) >= 11 is 0.914. The molecular formula is C20H15F6N3O3S. The minimum Gasteiger partial charge on any atom is -0.497 e. The highest BCUT2D eigenvalue weighted by molar-refractivity contribution is 7.10. The predicted molar refractivity (Wildman–Crippen MR) is 106 cm³/mol. The Balaban J connectivity index is 2.10. The first kappa shape index (κ1) is 24.4. The summed E-state index contributed by atoms with van der Waals surface area (Å²) in [5.74, 6) is -0.0952. The zero-order valence-electron chi connectivity index (χ0n) is 16.8. The number of carbonyl (C=O) groups excluding carboxylic acids is 2. The molecule has 176 valence electrons. The number of terminal acetylenes is 1. The summed E-state index contributed by atoms with van der Waals surface area (Å²) in [6.45, 7) is -1.89. The van der Waals surface area contributed by atoms with Crippen molar-refractivity contribution >= 4 is 28.8 Å². The zero-order chi connectivity index (χ0) is 24.6. The van der Waals surface area contributed by atoms with Crippen molar-refractivity contribution in [1.82, 2.24) is 9.88 Å². The third kappa shape index (κ3) is 5.39. The highest BCUT2D eigenvalue weighted by Gasteiger charge is 2.44. The maximum atomic E-state index is 13.4. The summed E-state index contributed by atoms with van der Waals surface area (Å²) in [5.41, 5.74) is -1.81. The number of amides is 2. The van der Waals surface area contributed by atoms with Gasteiger partial charge in [-0.3, -0.25) is 14.5 Å². The van der Waals surface area contributed by atoms with Gasteiger partial charge < -0.3 is 9.64 Å². The largest absolute Gasteiger partial charge is 0.497 e. The molecule has 1 aliphatic rings. The third-order valence-electron chi connectivity index (χ3n) is 4.75. The van der Waals surface area contributed by atoms with Crippen LogP contribution in [0, 0.1) is 12.3 Å². The number of ether oxygens (including phenoxy) is 1. The van der Waals surface area contributed by atoms with Gasteiger partial charge in [0.1, 0.15) is 24.0 Å². The first-order chi connectivity index (χ1) is 15.3. The van der Waals surface area contributed by atoms with Gasteiger partial charge in [0, 0.05) is 23.7 Å². The summed E-state index contributed by atoms with van der Waals surface area (Å²) in [5, 5.41) is 1.36. The molecule has 13 heteroatoms. The lowest BCUT2D eigenvalue weighted by atomic mass is 10.1. The standard InChI is InChI=1S/C20H15F6N3O3S/c1-3-16-27-14(9-33-16)17(30)29(15-4-5-28(18(15)31)10-19(21,22)23)12-6-11(20(24,25)26)7-13(8-12)32-2/h1,6-9,15H,4-5,10H2,2H3. The molecule has 0 bridgehead atoms. The van der Waals surface area contributed by atoms with Gasteiger partial charge in [0.15, 0.2) is 5.01 Å². The van der Waals surface area contributed by atoms with Crippen molar-refractivity contribution in [2.45, 2.75) is 24.8 Å². The van der Waals surface area contributed by atoms with Gasteiger partial charge in [0.25, 0.3) is 5.91 Å². The van der Waals surface area contributed by atoms with E-state index in [1.807, 2.05) is 0 Å². The average molecular weight is 491 g/mol. The summed E-state index contributed by atoms with van der Waals surface area (Å²) < 4.78 is 83.7. The maximum Gasteiger partial charge on any atom is 0.416 e. The van der Waals surface area contributed by atoms with E-state index in [4.69, 9.17) is 11.2 Å². The Morgan fingerprint density at radius 2 is 2.00 bits per heavy atom. The SMILES string of the molecule is C#Cc1nc(C(=O)N(c2cc(OC)cc(C(F)(F)F)c2)C2CCN(CC(F)(F)F)C2=O)cs1. The van der Waals surface area contributed by atoms with E-state index in [2.05, 4.69) is 10.9 Å². The number of rotatable bonds is 5. The number of hydrogen-bond donors (Lipinski definition) is 0. The highest BCUT2D eigenvalue weighted by Crippen LogP contribution is 2.37. The molecule has 1 unspecified atom stereocenters. The number of hydrogen-bond acceptors (Lipinski definition) is 5. The third-order valence-corrected chi connectivity index (χ3v) is 5.52. The molecule has 0 aliphatic carbocycles. The number of thiazole rings is 1. The van der Waals surface area contributed by atoms with E-state index in [0.29, 0.717) is 21.9 Å². The van der Waals surface area contributed by atoms with Crippen LogP contribution < -0.4 is 9.64 Å². The van der Waals surface area contributed by atoms with Crippen molar-refractivity contribution in [3.8, 4) is 18.1 Å². The van der Waals surface area contributed by atoms with Crippen molar-refractivity contribution < 1.29 is 40.7 Å². The van der Waals surface area contributed by atoms with Crippen LogP contribution in [0.3, 0.4) is 0 Å². The Morgan fingerprint density at radius 1 is 1.30 bits per heavy atom. The molecule has 0 radical (unpaired) electrons. The minimum absolute atomic E-state index is 0.108. The topological polar surface area (TPSA) is 62.7 Å². The van der Waals surface area contributed by atoms with Crippen molar-refractivity contribution in [1.29, 1.82) is 0 Å². The second-order valence-corrected chi connectivity index (χ2v) is 7.81. The lowest BCUT2D eigenvalue weighted by molar-refractivity contribution is -0.157. The van der Waals surface area contributed by atoms with E-state index in [9.17, 15) is 35.9 Å². The fourth-order valence-electron chi connectivity index (χ4n) is 3.34. The Kier molecular flexibility index (Phi) is 6.60. The van der Waals surface area contributed by atoms with Crippen LogP contribution in [0.5, 0.6) is 5.75 Å². The molecule has 1 aromatic carbocycles. The van der Waals surface area contributed by atoms with Crippen molar-refractivity contribution in [3.63, 3.8) is 0 Å². The van der Waals surface area contributed by atoms with Crippen molar-refractivity contribution in [2.75, 3.05) is 25.1 Å². The van der Waals surface area contributed by atoms with Crippen LogP contribution in [-0.2, 0) is 11.0 Å². The van der Waals surface area contributed by atoms with Crippen LogP contribution in [0.2, 0.25) is 0 Å². The van der Waals surface area contributed by atoms with Gasteiger partial charge in [-0.1, -0.05) is 0 Å². The van der Waals surface area contributed by atoms with E-state index in [0.717, 1.165) is 24.5 Å². The summed E-state index contributed by atoms with van der Waals surface area (Å²) in [6.07, 6.45) is -4.50. The molecule has 0 spiro atoms. The van der Waals surface area contributed by atoms with Crippen LogP contribution in [0.15, 0.2) is 23.6 Å². The number of halogens is 6. The van der Waals surface area contributed by atoms with Crippen LogP contribution in [-0.4, -0.2) is 54.1 Å². The molecular weight excluding hydrogens is 476 g/mol. The molecule has 2 amide bonds. The Morgan fingerprint density at radius 3 is 2.55 bits per heavy atom. The number of carbonyl (C=O) groups is 2. The quantitative estimate of drug-likeness (QED) is 0.469. The molecule has 1 aliphatic heterocycles. The molecule has 3 rings (SSSR count). The van der Waals surface area contributed by atoms with Gasteiger partial charge in [-0.15, -0.1) is 17.8 Å². The molecule has 6 nitrogen and oxygen atoms in total. The zero-order valence-corrected chi connectivity index (χ0v) is 17.6. The number of methoxy groups -OCH3 is 1. The number of benzene rings is 1. The highest BCUT2D eigenvalue weighted by atomic mass is 32.1. The van der Waals surface area contributed by atoms with Crippen LogP contribution >= 0.6 is 11.3 Å². The minimum atomic E-state index is -4.82. The molecule has 1 fully saturated rings. The molecule has 1 atom stereocenters. The fourth-order valence-corrected chi connectivity index (χ4v) is 3.94. The normalized spacial score (nSPS) is 16.6. The van der Waals surface area contributed by atoms with Gasteiger partial charge in [0.2, 0.25) is 5.91 Å². The van der Waals surface area contributed by atoms with Gasteiger partial charge >= 0.3 is 12.4 Å². The lowest BCUT2D eigenvalue weighted by Crippen LogP contribution is -2.47. The van der Waals surface area contributed by atoms with E-state index in [-0.39, 0.29) is 35.1 Å². The first-order valence-corrected chi connectivity index (χ1v) is 10.1. The smallest absolute Gasteiger partial charge is 0.416 e. The summed E-state index contributed by atoms with van der Waals surface area (Å²) in [4.78, 5) is 31.1. The summed E-state index contributed by atoms with van der Waals surface area (Å²) in [6, 6.07) is 0.914. The Hall–Kier alpha value is -3.27.